The van der Waals surface area contributed by atoms with Crippen molar-refractivity contribution >= 4 is 5.78 Å². The smallest absolute Gasteiger partial charge is 0.170 e. The topological polar surface area (TPSA) is 56.0 Å². The molecule has 1 aromatic carbocycles. The average molecular weight is 258 g/mol. The Balaban J connectivity index is 2.23. The van der Waals surface area contributed by atoms with Crippen LogP contribution in [0.3, 0.4) is 0 Å². The number of halogens is 1. The van der Waals surface area contributed by atoms with Crippen molar-refractivity contribution in [3.8, 4) is 0 Å². The molecule has 3 nitrogen and oxygen atoms in total. The molecule has 0 aliphatic heterocycles. The van der Waals surface area contributed by atoms with Gasteiger partial charge in [0.05, 0.1) is 11.8 Å². The summed E-state index contributed by atoms with van der Waals surface area (Å²) in [6.07, 6.45) is 2.44. The van der Waals surface area contributed by atoms with Crippen LogP contribution in [-0.2, 0) is 0 Å². The van der Waals surface area contributed by atoms with E-state index in [0.29, 0.717) is 0 Å². The standard InChI is InChI=1S/C15H15FN2O/c1-10(14(17)11-5-3-2-4-6-11)15(19)12-7-8-18-9-13(12)16/h2-10,14H,17H2,1H3. The van der Waals surface area contributed by atoms with Gasteiger partial charge >= 0.3 is 0 Å². The maximum atomic E-state index is 13.5. The summed E-state index contributed by atoms with van der Waals surface area (Å²) >= 11 is 0. The molecule has 19 heavy (non-hydrogen) atoms. The van der Waals surface area contributed by atoms with Gasteiger partial charge in [0.2, 0.25) is 0 Å². The van der Waals surface area contributed by atoms with Crippen LogP contribution in [-0.4, -0.2) is 10.8 Å². The zero-order chi connectivity index (χ0) is 13.8. The number of benzene rings is 1. The molecule has 0 fully saturated rings. The van der Waals surface area contributed by atoms with Gasteiger partial charge in [-0.2, -0.15) is 0 Å². The minimum Gasteiger partial charge on any atom is -0.323 e. The molecule has 2 N–H and O–H groups in total. The molecule has 0 aliphatic rings. The second-order valence-corrected chi connectivity index (χ2v) is 4.44. The zero-order valence-corrected chi connectivity index (χ0v) is 10.6. The van der Waals surface area contributed by atoms with Crippen LogP contribution in [0, 0.1) is 11.7 Å². The van der Waals surface area contributed by atoms with E-state index in [1.165, 1.54) is 12.3 Å². The fourth-order valence-corrected chi connectivity index (χ4v) is 1.95. The Hall–Kier alpha value is -2.07. The Morgan fingerprint density at radius 1 is 1.26 bits per heavy atom. The first kappa shape index (κ1) is 13.4. The quantitative estimate of drug-likeness (QED) is 0.858. The summed E-state index contributed by atoms with van der Waals surface area (Å²) in [4.78, 5) is 15.9. The minimum atomic E-state index is -0.611. The number of carbonyl (C=O) groups is 1. The van der Waals surface area contributed by atoms with E-state index in [0.717, 1.165) is 11.8 Å². The lowest BCUT2D eigenvalue weighted by Gasteiger charge is -2.19. The summed E-state index contributed by atoms with van der Waals surface area (Å²) < 4.78 is 13.5. The van der Waals surface area contributed by atoms with Gasteiger partial charge in [0.15, 0.2) is 11.6 Å². The molecule has 0 saturated heterocycles. The van der Waals surface area contributed by atoms with Crippen molar-refractivity contribution in [2.45, 2.75) is 13.0 Å². The van der Waals surface area contributed by atoms with E-state index in [4.69, 9.17) is 5.73 Å². The van der Waals surface area contributed by atoms with E-state index in [1.807, 2.05) is 30.3 Å². The number of Topliss-reactive ketones (excluding diaryl/α,β-unsaturated/α-hetero) is 1. The number of hydrogen-bond acceptors (Lipinski definition) is 3. The highest BCUT2D eigenvalue weighted by Crippen LogP contribution is 2.23. The van der Waals surface area contributed by atoms with Crippen LogP contribution in [0.1, 0.15) is 28.9 Å². The first-order valence-electron chi connectivity index (χ1n) is 6.05. The average Bonchev–Trinajstić information content (AvgIpc) is 2.46. The molecule has 4 heteroatoms. The monoisotopic (exact) mass is 258 g/mol. The Kier molecular flexibility index (Phi) is 4.02. The predicted octanol–water partition coefficient (Wildman–Crippen LogP) is 2.74. The summed E-state index contributed by atoms with van der Waals surface area (Å²) in [5, 5.41) is 0. The Labute approximate surface area is 111 Å². The van der Waals surface area contributed by atoms with Gasteiger partial charge in [-0.1, -0.05) is 37.3 Å². The molecule has 2 aromatic rings. The molecule has 0 aliphatic carbocycles. The number of rotatable bonds is 4. The maximum Gasteiger partial charge on any atom is 0.170 e. The van der Waals surface area contributed by atoms with Crippen molar-refractivity contribution in [1.29, 1.82) is 0 Å². The fourth-order valence-electron chi connectivity index (χ4n) is 1.95. The van der Waals surface area contributed by atoms with Crippen molar-refractivity contribution in [3.05, 3.63) is 65.7 Å². The molecular formula is C15H15FN2O. The number of nitrogens with zero attached hydrogens (tertiary/aromatic N) is 1. The van der Waals surface area contributed by atoms with Crippen molar-refractivity contribution in [2.24, 2.45) is 11.7 Å². The van der Waals surface area contributed by atoms with Gasteiger partial charge in [0.1, 0.15) is 0 Å². The molecular weight excluding hydrogens is 243 g/mol. The van der Waals surface area contributed by atoms with Crippen molar-refractivity contribution < 1.29 is 9.18 Å². The molecule has 0 spiro atoms. The van der Waals surface area contributed by atoms with Crippen molar-refractivity contribution in [2.75, 3.05) is 0 Å². The minimum absolute atomic E-state index is 0.0360. The first-order chi connectivity index (χ1) is 9.11. The van der Waals surface area contributed by atoms with Gasteiger partial charge in [-0.15, -0.1) is 0 Å². The van der Waals surface area contributed by atoms with Gasteiger partial charge in [-0.25, -0.2) is 4.39 Å². The largest absolute Gasteiger partial charge is 0.323 e. The second-order valence-electron chi connectivity index (χ2n) is 4.44. The Bertz CT molecular complexity index is 571. The summed E-state index contributed by atoms with van der Waals surface area (Å²) in [5.74, 6) is -1.42. The Morgan fingerprint density at radius 3 is 2.58 bits per heavy atom. The van der Waals surface area contributed by atoms with Gasteiger partial charge in [0, 0.05) is 18.2 Å². The molecule has 1 aromatic heterocycles. The molecule has 98 valence electrons. The third-order valence-electron chi connectivity index (χ3n) is 3.17. The van der Waals surface area contributed by atoms with Crippen LogP contribution in [0.4, 0.5) is 4.39 Å². The van der Waals surface area contributed by atoms with Crippen LogP contribution in [0.5, 0.6) is 0 Å². The normalized spacial score (nSPS) is 13.8. The van der Waals surface area contributed by atoms with Crippen LogP contribution in [0.15, 0.2) is 48.8 Å². The number of nitrogens with two attached hydrogens (primary N) is 1. The Morgan fingerprint density at radius 2 is 1.95 bits per heavy atom. The second kappa shape index (κ2) is 5.71. The SMILES string of the molecule is CC(C(=O)c1ccncc1F)C(N)c1ccccc1. The molecule has 0 amide bonds. The van der Waals surface area contributed by atoms with Crippen LogP contribution < -0.4 is 5.73 Å². The molecule has 0 radical (unpaired) electrons. The molecule has 2 atom stereocenters. The highest BCUT2D eigenvalue weighted by molar-refractivity contribution is 5.98. The number of aromatic nitrogens is 1. The fraction of sp³-hybridized carbons (Fsp3) is 0.200. The van der Waals surface area contributed by atoms with Crippen LogP contribution in [0.25, 0.3) is 0 Å². The number of hydrogen-bond donors (Lipinski definition) is 1. The highest BCUT2D eigenvalue weighted by atomic mass is 19.1. The maximum absolute atomic E-state index is 13.5. The zero-order valence-electron chi connectivity index (χ0n) is 10.6. The third-order valence-corrected chi connectivity index (χ3v) is 3.17. The van der Waals surface area contributed by atoms with Crippen molar-refractivity contribution in [3.63, 3.8) is 0 Å². The van der Waals surface area contributed by atoms with E-state index < -0.39 is 17.8 Å². The van der Waals surface area contributed by atoms with Gasteiger partial charge in [-0.05, 0) is 11.6 Å². The highest BCUT2D eigenvalue weighted by Gasteiger charge is 2.25. The van der Waals surface area contributed by atoms with E-state index in [2.05, 4.69) is 4.98 Å². The third kappa shape index (κ3) is 2.85. The lowest BCUT2D eigenvalue weighted by atomic mass is 9.89. The van der Waals surface area contributed by atoms with E-state index in [9.17, 15) is 9.18 Å². The van der Waals surface area contributed by atoms with Gasteiger partial charge in [0.25, 0.3) is 0 Å². The van der Waals surface area contributed by atoms with Crippen LogP contribution in [0.2, 0.25) is 0 Å². The lowest BCUT2D eigenvalue weighted by molar-refractivity contribution is 0.0908. The summed E-state index contributed by atoms with van der Waals surface area (Å²) in [7, 11) is 0. The molecule has 0 bridgehead atoms. The van der Waals surface area contributed by atoms with Crippen LogP contribution >= 0.6 is 0 Å². The van der Waals surface area contributed by atoms with Gasteiger partial charge in [-0.3, -0.25) is 9.78 Å². The molecule has 1 heterocycles. The number of ketones is 1. The summed E-state index contributed by atoms with van der Waals surface area (Å²) in [5.41, 5.74) is 6.96. The number of carbonyl (C=O) groups excluding carboxylic acids is 1. The van der Waals surface area contributed by atoms with E-state index >= 15 is 0 Å². The summed E-state index contributed by atoms with van der Waals surface area (Å²) in [6, 6.07) is 10.2. The lowest BCUT2D eigenvalue weighted by Crippen LogP contribution is -2.26. The molecule has 0 saturated carbocycles. The number of pyridine rings is 1. The summed E-state index contributed by atoms with van der Waals surface area (Å²) in [6.45, 7) is 1.71. The van der Waals surface area contributed by atoms with E-state index in [1.54, 1.807) is 6.92 Å². The van der Waals surface area contributed by atoms with Crippen molar-refractivity contribution in [1.82, 2.24) is 4.98 Å². The van der Waals surface area contributed by atoms with E-state index in [-0.39, 0.29) is 11.3 Å². The molecule has 2 unspecified atom stereocenters. The molecule has 2 rings (SSSR count). The predicted molar refractivity (Wildman–Crippen MR) is 71.1 cm³/mol. The van der Waals surface area contributed by atoms with Gasteiger partial charge < -0.3 is 5.73 Å². The first-order valence-corrected chi connectivity index (χ1v) is 6.05.